The van der Waals surface area contributed by atoms with Crippen LogP contribution >= 0.6 is 22.9 Å². The predicted octanol–water partition coefficient (Wildman–Crippen LogP) is 5.93. The van der Waals surface area contributed by atoms with Crippen molar-refractivity contribution in [1.82, 2.24) is 14.9 Å². The monoisotopic (exact) mass is 669 g/mol. The van der Waals surface area contributed by atoms with Gasteiger partial charge in [-0.05, 0) is 43.9 Å². The van der Waals surface area contributed by atoms with Gasteiger partial charge in [-0.2, -0.15) is 15.2 Å². The topological polar surface area (TPSA) is 127 Å². The summed E-state index contributed by atoms with van der Waals surface area (Å²) in [5.41, 5.74) is 12.1. The minimum atomic E-state index is -0.940. The Labute approximate surface area is 271 Å². The molecule has 8 rings (SSSR count). The molecule has 0 aliphatic carbocycles. The third-order valence-electron chi connectivity index (χ3n) is 10.1. The molecule has 0 saturated carbocycles. The number of halogens is 4. The molecule has 6 heterocycles. The molecule has 0 radical (unpaired) electrons. The van der Waals surface area contributed by atoms with Gasteiger partial charge in [0.1, 0.15) is 41.0 Å². The number of aromatic nitrogens is 2. The number of nitrogens with zero attached hydrogens (tertiary/aromatic N) is 5. The number of nitrogen functional groups attached to an aromatic ring is 1. The van der Waals surface area contributed by atoms with E-state index in [9.17, 15) is 14.0 Å². The standard InChI is InChI=1S/C32H31ClF3N7O2S/c33-24-22(18-4-5-20(35)28-21(18)19(11-37)29(39)46-28)25(36)26-23-27(24)44-9-6-17-3-2-16(38)13-43(17)30(23)41-31(40-26)45-14-32-7-1-8-42(32)12-15(34)10-32/h4-5,15-17H,1-3,6-10,12-14,38-39H2/t15-,16?,17?,32+/m1/s1. The molecule has 4 atom stereocenters. The second-order valence-corrected chi connectivity index (χ2v) is 14.2. The first kappa shape index (κ1) is 29.8. The lowest BCUT2D eigenvalue weighted by Crippen LogP contribution is -2.50. The van der Waals surface area contributed by atoms with Gasteiger partial charge in [-0.3, -0.25) is 4.90 Å². The fourth-order valence-corrected chi connectivity index (χ4v) is 9.23. The molecule has 0 amide bonds. The van der Waals surface area contributed by atoms with Gasteiger partial charge in [-0.15, -0.1) is 11.3 Å². The quantitative estimate of drug-likeness (QED) is 0.272. The molecule has 2 aromatic heterocycles. The maximum Gasteiger partial charge on any atom is 0.319 e. The third kappa shape index (κ3) is 4.48. The van der Waals surface area contributed by atoms with E-state index in [4.69, 9.17) is 37.5 Å². The van der Waals surface area contributed by atoms with Crippen LogP contribution in [0.15, 0.2) is 12.1 Å². The van der Waals surface area contributed by atoms with Crippen molar-refractivity contribution in [3.8, 4) is 29.0 Å². The highest BCUT2D eigenvalue weighted by Gasteiger charge is 2.49. The van der Waals surface area contributed by atoms with Crippen LogP contribution in [-0.2, 0) is 0 Å². The Morgan fingerprint density at radius 1 is 1.20 bits per heavy atom. The Bertz CT molecular complexity index is 1950. The van der Waals surface area contributed by atoms with Crippen molar-refractivity contribution in [2.75, 3.05) is 43.5 Å². The first-order valence-corrected chi connectivity index (χ1v) is 16.7. The first-order valence-electron chi connectivity index (χ1n) is 15.5. The summed E-state index contributed by atoms with van der Waals surface area (Å²) in [4.78, 5) is 13.6. The minimum Gasteiger partial charge on any atom is -0.491 e. The third-order valence-corrected chi connectivity index (χ3v) is 11.5. The lowest BCUT2D eigenvalue weighted by atomic mass is 9.94. The van der Waals surface area contributed by atoms with E-state index in [2.05, 4.69) is 14.8 Å². The van der Waals surface area contributed by atoms with Crippen molar-refractivity contribution >= 4 is 54.7 Å². The molecule has 2 aromatic carbocycles. The number of hydrogen-bond acceptors (Lipinski definition) is 10. The molecule has 14 heteroatoms. The van der Waals surface area contributed by atoms with Gasteiger partial charge in [0, 0.05) is 49.0 Å². The Kier molecular flexibility index (Phi) is 7.13. The van der Waals surface area contributed by atoms with Gasteiger partial charge in [0.05, 0.1) is 32.8 Å². The molecule has 4 aliphatic rings. The summed E-state index contributed by atoms with van der Waals surface area (Å²) < 4.78 is 59.3. The average molecular weight is 670 g/mol. The lowest BCUT2D eigenvalue weighted by Gasteiger charge is -2.41. The first-order chi connectivity index (χ1) is 22.2. The number of piperidine rings is 1. The van der Waals surface area contributed by atoms with Crippen LogP contribution in [0.2, 0.25) is 5.02 Å². The smallest absolute Gasteiger partial charge is 0.319 e. The maximum atomic E-state index is 17.1. The molecule has 3 fully saturated rings. The van der Waals surface area contributed by atoms with Crippen molar-refractivity contribution in [2.24, 2.45) is 5.73 Å². The molecule has 4 aliphatic heterocycles. The lowest BCUT2D eigenvalue weighted by molar-refractivity contribution is 0.107. The molecule has 4 N–H and O–H groups in total. The molecular formula is C32H31ClF3N7O2S. The van der Waals surface area contributed by atoms with E-state index in [1.165, 1.54) is 12.1 Å². The maximum absolute atomic E-state index is 17.1. The van der Waals surface area contributed by atoms with E-state index in [1.54, 1.807) is 0 Å². The second kappa shape index (κ2) is 11.0. The van der Waals surface area contributed by atoms with E-state index in [1.807, 2.05) is 6.07 Å². The van der Waals surface area contributed by atoms with E-state index >= 15 is 4.39 Å². The molecule has 3 saturated heterocycles. The largest absolute Gasteiger partial charge is 0.491 e. The minimum absolute atomic E-state index is 0.0364. The number of fused-ring (bicyclic) bond motifs is 4. The van der Waals surface area contributed by atoms with Crippen molar-refractivity contribution < 1.29 is 22.6 Å². The number of nitriles is 1. The van der Waals surface area contributed by atoms with Crippen LogP contribution in [0.25, 0.3) is 32.1 Å². The van der Waals surface area contributed by atoms with Crippen LogP contribution in [0.1, 0.15) is 44.1 Å². The molecular weight excluding hydrogens is 639 g/mol. The van der Waals surface area contributed by atoms with Gasteiger partial charge in [-0.25, -0.2) is 13.2 Å². The zero-order valence-corrected chi connectivity index (χ0v) is 26.4. The molecule has 4 aromatic rings. The van der Waals surface area contributed by atoms with Gasteiger partial charge >= 0.3 is 6.01 Å². The highest BCUT2D eigenvalue weighted by Crippen LogP contribution is 2.51. The number of alkyl halides is 1. The number of hydrogen-bond donors (Lipinski definition) is 2. The molecule has 2 unspecified atom stereocenters. The van der Waals surface area contributed by atoms with Crippen LogP contribution in [0.5, 0.6) is 11.8 Å². The van der Waals surface area contributed by atoms with Crippen LogP contribution in [-0.4, -0.2) is 71.5 Å². The zero-order chi connectivity index (χ0) is 31.9. The van der Waals surface area contributed by atoms with Gasteiger partial charge < -0.3 is 25.8 Å². The number of ether oxygens (including phenoxy) is 2. The van der Waals surface area contributed by atoms with Crippen molar-refractivity contribution in [1.29, 1.82) is 5.26 Å². The van der Waals surface area contributed by atoms with E-state index < -0.39 is 23.3 Å². The van der Waals surface area contributed by atoms with Gasteiger partial charge in [0.25, 0.3) is 0 Å². The van der Waals surface area contributed by atoms with Crippen molar-refractivity contribution in [3.63, 3.8) is 0 Å². The second-order valence-electron chi connectivity index (χ2n) is 12.8. The summed E-state index contributed by atoms with van der Waals surface area (Å²) in [7, 11) is 0. The van der Waals surface area contributed by atoms with Crippen LogP contribution in [0.3, 0.4) is 0 Å². The Hall–Kier alpha value is -3.57. The van der Waals surface area contributed by atoms with Crippen LogP contribution in [0, 0.1) is 23.0 Å². The van der Waals surface area contributed by atoms with E-state index in [0.29, 0.717) is 38.4 Å². The SMILES string of the molecule is N#Cc1c(N)sc2c(F)ccc(-c3c(Cl)c4c5c(nc(OC[C@@]67CCCN6C[C@H](F)C7)nc5c3F)N3CC(N)CCC3CCO4)c12. The molecule has 0 bridgehead atoms. The summed E-state index contributed by atoms with van der Waals surface area (Å²) in [6.07, 6.45) is 3.41. The average Bonchev–Trinajstić information content (AvgIpc) is 3.67. The molecule has 46 heavy (non-hydrogen) atoms. The summed E-state index contributed by atoms with van der Waals surface area (Å²) in [5, 5.41) is 10.4. The zero-order valence-electron chi connectivity index (χ0n) is 24.8. The normalized spacial score (nSPS) is 26.0. The van der Waals surface area contributed by atoms with E-state index in [0.717, 1.165) is 43.6 Å². The highest BCUT2D eigenvalue weighted by atomic mass is 35.5. The summed E-state index contributed by atoms with van der Waals surface area (Å²) in [5.74, 6) is -0.801. The number of rotatable bonds is 4. The van der Waals surface area contributed by atoms with Gasteiger partial charge in [0.15, 0.2) is 11.6 Å². The molecule has 9 nitrogen and oxygen atoms in total. The number of benzene rings is 2. The molecule has 240 valence electrons. The predicted molar refractivity (Wildman–Crippen MR) is 171 cm³/mol. The van der Waals surface area contributed by atoms with E-state index in [-0.39, 0.29) is 78.2 Å². The fourth-order valence-electron chi connectivity index (χ4n) is 7.95. The number of thiophene rings is 1. The number of anilines is 2. The van der Waals surface area contributed by atoms with Gasteiger partial charge in [-0.1, -0.05) is 17.7 Å². The fraction of sp³-hybridized carbons (Fsp3) is 0.469. The molecule has 0 spiro atoms. The Morgan fingerprint density at radius 3 is 2.87 bits per heavy atom. The van der Waals surface area contributed by atoms with Crippen molar-refractivity contribution in [3.05, 3.63) is 34.4 Å². The van der Waals surface area contributed by atoms with Gasteiger partial charge in [0.2, 0.25) is 0 Å². The highest BCUT2D eigenvalue weighted by molar-refractivity contribution is 7.23. The summed E-state index contributed by atoms with van der Waals surface area (Å²) in [6, 6.07) is 4.48. The summed E-state index contributed by atoms with van der Waals surface area (Å²) >= 11 is 7.94. The van der Waals surface area contributed by atoms with Crippen LogP contribution in [0.4, 0.5) is 24.0 Å². The van der Waals surface area contributed by atoms with Crippen molar-refractivity contribution in [2.45, 2.75) is 62.3 Å². The Balaban J connectivity index is 1.36. The number of nitrogens with two attached hydrogens (primary N) is 2. The summed E-state index contributed by atoms with van der Waals surface area (Å²) in [6.45, 7) is 2.09. The van der Waals surface area contributed by atoms with Crippen LogP contribution < -0.4 is 25.8 Å². The Morgan fingerprint density at radius 2 is 2.04 bits per heavy atom.